The molecule has 1 amide bonds. The van der Waals surface area contributed by atoms with Crippen LogP contribution >= 0.6 is 0 Å². The maximum Gasteiger partial charge on any atom is 0.309 e. The number of rotatable bonds is 4. The Morgan fingerprint density at radius 1 is 1.25 bits per heavy atom. The fraction of sp³-hybridized carbons (Fsp3) is 0.529. The van der Waals surface area contributed by atoms with Crippen molar-refractivity contribution in [1.29, 1.82) is 0 Å². The molecule has 3 rings (SSSR count). The predicted molar refractivity (Wildman–Crippen MR) is 87.1 cm³/mol. The van der Waals surface area contributed by atoms with Gasteiger partial charge in [0.05, 0.1) is 18.2 Å². The Kier molecular flexibility index (Phi) is 4.38. The number of carbonyl (C=O) groups is 2. The van der Waals surface area contributed by atoms with Gasteiger partial charge in [0.25, 0.3) is 0 Å². The van der Waals surface area contributed by atoms with Gasteiger partial charge in [-0.3, -0.25) is 9.59 Å². The highest BCUT2D eigenvalue weighted by molar-refractivity contribution is 7.88. The van der Waals surface area contributed by atoms with Crippen LogP contribution in [0.1, 0.15) is 25.3 Å². The summed E-state index contributed by atoms with van der Waals surface area (Å²) in [7, 11) is -3.61. The molecular formula is C17H21NO5S. The lowest BCUT2D eigenvalue weighted by atomic mass is 9.86. The third-order valence-electron chi connectivity index (χ3n) is 5.05. The molecule has 1 aliphatic carbocycles. The number of hydrogen-bond donors (Lipinski definition) is 0. The smallest absolute Gasteiger partial charge is 0.309 e. The fourth-order valence-electron chi connectivity index (χ4n) is 4.01. The lowest BCUT2D eigenvalue weighted by molar-refractivity contribution is -0.151. The number of ether oxygens (including phenoxy) is 1. The van der Waals surface area contributed by atoms with Crippen molar-refractivity contribution in [2.24, 2.45) is 17.8 Å². The van der Waals surface area contributed by atoms with E-state index in [4.69, 9.17) is 4.74 Å². The molecule has 0 radical (unpaired) electrons. The second-order valence-electron chi connectivity index (χ2n) is 6.61. The molecule has 0 bridgehead atoms. The summed E-state index contributed by atoms with van der Waals surface area (Å²) in [5, 5.41) is 0. The van der Waals surface area contributed by atoms with Gasteiger partial charge < -0.3 is 4.74 Å². The van der Waals surface area contributed by atoms with Crippen LogP contribution in [-0.2, 0) is 31.0 Å². The van der Waals surface area contributed by atoms with Crippen LogP contribution in [0.15, 0.2) is 30.3 Å². The van der Waals surface area contributed by atoms with Gasteiger partial charge in [0.2, 0.25) is 15.9 Å². The Morgan fingerprint density at radius 3 is 2.54 bits per heavy atom. The molecule has 2 fully saturated rings. The molecule has 4 atom stereocenters. The maximum atomic E-state index is 12.5. The molecule has 7 heteroatoms. The van der Waals surface area contributed by atoms with E-state index in [1.165, 1.54) is 0 Å². The van der Waals surface area contributed by atoms with Gasteiger partial charge in [-0.25, -0.2) is 12.7 Å². The SMILES string of the molecule is C[C@H]1C(=O)N(S(C)(=O)=O)[C@H]2CCC(C(=O)OCc3ccccc3)[C@H]12. The number of fused-ring (bicyclic) bond motifs is 1. The second-order valence-corrected chi connectivity index (χ2v) is 8.47. The highest BCUT2D eigenvalue weighted by atomic mass is 32.2. The second kappa shape index (κ2) is 6.20. The van der Waals surface area contributed by atoms with Crippen LogP contribution < -0.4 is 0 Å². The van der Waals surface area contributed by atoms with Gasteiger partial charge in [0, 0.05) is 11.8 Å². The summed E-state index contributed by atoms with van der Waals surface area (Å²) in [6.07, 6.45) is 2.10. The van der Waals surface area contributed by atoms with E-state index in [0.717, 1.165) is 16.1 Å². The van der Waals surface area contributed by atoms with Crippen molar-refractivity contribution in [3.8, 4) is 0 Å². The molecule has 2 aliphatic rings. The van der Waals surface area contributed by atoms with E-state index >= 15 is 0 Å². The predicted octanol–water partition coefficient (Wildman–Crippen LogP) is 1.56. The molecule has 1 aromatic rings. The normalized spacial score (nSPS) is 29.6. The summed E-state index contributed by atoms with van der Waals surface area (Å²) >= 11 is 0. The van der Waals surface area contributed by atoms with E-state index in [9.17, 15) is 18.0 Å². The maximum absolute atomic E-state index is 12.5. The summed E-state index contributed by atoms with van der Waals surface area (Å²) in [4.78, 5) is 24.8. The van der Waals surface area contributed by atoms with Gasteiger partial charge in [0.15, 0.2) is 0 Å². The van der Waals surface area contributed by atoms with Gasteiger partial charge in [-0.1, -0.05) is 37.3 Å². The zero-order valence-electron chi connectivity index (χ0n) is 13.7. The van der Waals surface area contributed by atoms with Gasteiger partial charge in [-0.2, -0.15) is 0 Å². The molecule has 24 heavy (non-hydrogen) atoms. The molecular weight excluding hydrogens is 330 g/mol. The van der Waals surface area contributed by atoms with Crippen molar-refractivity contribution >= 4 is 21.9 Å². The van der Waals surface area contributed by atoms with Crippen molar-refractivity contribution in [2.45, 2.75) is 32.4 Å². The van der Waals surface area contributed by atoms with Crippen molar-refractivity contribution < 1.29 is 22.7 Å². The quantitative estimate of drug-likeness (QED) is 0.769. The Bertz CT molecular complexity index is 746. The molecule has 1 heterocycles. The first-order valence-electron chi connectivity index (χ1n) is 8.04. The van der Waals surface area contributed by atoms with Crippen LogP contribution in [0.4, 0.5) is 0 Å². The minimum absolute atomic E-state index is 0.186. The van der Waals surface area contributed by atoms with Crippen molar-refractivity contribution in [3.05, 3.63) is 35.9 Å². The van der Waals surface area contributed by atoms with E-state index in [0.29, 0.717) is 12.8 Å². The van der Waals surface area contributed by atoms with Gasteiger partial charge >= 0.3 is 5.97 Å². The Morgan fingerprint density at radius 2 is 1.92 bits per heavy atom. The first-order valence-corrected chi connectivity index (χ1v) is 9.89. The van der Waals surface area contributed by atoms with Crippen molar-refractivity contribution in [1.82, 2.24) is 4.31 Å². The lowest BCUT2D eigenvalue weighted by Crippen LogP contribution is -2.38. The molecule has 1 saturated heterocycles. The molecule has 1 unspecified atom stereocenters. The fourth-order valence-corrected chi connectivity index (χ4v) is 5.24. The van der Waals surface area contributed by atoms with Crippen molar-refractivity contribution in [2.75, 3.05) is 6.26 Å². The highest BCUT2D eigenvalue weighted by Crippen LogP contribution is 2.47. The summed E-state index contributed by atoms with van der Waals surface area (Å²) in [5.41, 5.74) is 0.897. The van der Waals surface area contributed by atoms with Gasteiger partial charge in [0.1, 0.15) is 6.61 Å². The molecule has 0 N–H and O–H groups in total. The molecule has 0 spiro atoms. The first-order chi connectivity index (χ1) is 11.3. The number of carbonyl (C=O) groups excluding carboxylic acids is 2. The average molecular weight is 351 g/mol. The molecule has 1 saturated carbocycles. The molecule has 1 aliphatic heterocycles. The average Bonchev–Trinajstić information content (AvgIpc) is 3.05. The molecule has 1 aromatic carbocycles. The number of amides is 1. The number of hydrogen-bond acceptors (Lipinski definition) is 5. The minimum atomic E-state index is -3.61. The number of benzene rings is 1. The summed E-state index contributed by atoms with van der Waals surface area (Å²) in [6.45, 7) is 1.89. The number of sulfonamides is 1. The summed E-state index contributed by atoms with van der Waals surface area (Å²) in [5.74, 6) is -1.96. The topological polar surface area (TPSA) is 80.8 Å². The lowest BCUT2D eigenvalue weighted by Gasteiger charge is -2.22. The van der Waals surface area contributed by atoms with Crippen LogP contribution in [0.2, 0.25) is 0 Å². The third kappa shape index (κ3) is 2.92. The zero-order valence-corrected chi connectivity index (χ0v) is 14.5. The minimum Gasteiger partial charge on any atom is -0.461 e. The monoisotopic (exact) mass is 351 g/mol. The van der Waals surface area contributed by atoms with Crippen LogP contribution in [0.3, 0.4) is 0 Å². The Hall–Kier alpha value is -1.89. The van der Waals surface area contributed by atoms with E-state index in [-0.39, 0.29) is 18.5 Å². The van der Waals surface area contributed by atoms with E-state index < -0.39 is 33.8 Å². The first kappa shape index (κ1) is 17.0. The Labute approximate surface area is 141 Å². The van der Waals surface area contributed by atoms with E-state index in [1.54, 1.807) is 6.92 Å². The van der Waals surface area contributed by atoms with Crippen molar-refractivity contribution in [3.63, 3.8) is 0 Å². The number of esters is 1. The molecule has 130 valence electrons. The van der Waals surface area contributed by atoms with Gasteiger partial charge in [-0.15, -0.1) is 0 Å². The van der Waals surface area contributed by atoms with Crippen LogP contribution in [0.5, 0.6) is 0 Å². The van der Waals surface area contributed by atoms with E-state index in [2.05, 4.69) is 0 Å². The van der Waals surface area contributed by atoms with Crippen LogP contribution in [0.25, 0.3) is 0 Å². The summed E-state index contributed by atoms with van der Waals surface area (Å²) in [6, 6.07) is 8.96. The summed E-state index contributed by atoms with van der Waals surface area (Å²) < 4.78 is 30.2. The number of nitrogens with zero attached hydrogens (tertiary/aromatic N) is 1. The highest BCUT2D eigenvalue weighted by Gasteiger charge is 2.57. The largest absolute Gasteiger partial charge is 0.461 e. The Balaban J connectivity index is 1.72. The standard InChI is InChI=1S/C17H21NO5S/c1-11-15-13(17(20)23-10-12-6-4-3-5-7-12)8-9-14(15)18(16(11)19)24(2,21)22/h3-7,11,13-15H,8-10H2,1-2H3/t11-,13?,14+,15+/m1/s1. The van der Waals surface area contributed by atoms with E-state index in [1.807, 2.05) is 30.3 Å². The zero-order chi connectivity index (χ0) is 17.5. The molecule has 6 nitrogen and oxygen atoms in total. The van der Waals surface area contributed by atoms with Gasteiger partial charge in [-0.05, 0) is 18.4 Å². The van der Waals surface area contributed by atoms with Crippen LogP contribution in [0, 0.1) is 17.8 Å². The van der Waals surface area contributed by atoms with Crippen LogP contribution in [-0.4, -0.2) is 36.9 Å². The third-order valence-corrected chi connectivity index (χ3v) is 6.22. The molecule has 0 aromatic heterocycles.